The van der Waals surface area contributed by atoms with Crippen molar-refractivity contribution >= 4 is 27.5 Å². The fourth-order valence-electron chi connectivity index (χ4n) is 1.81. The summed E-state index contributed by atoms with van der Waals surface area (Å²) in [7, 11) is 4.05. The lowest BCUT2D eigenvalue weighted by atomic mass is 10.2. The van der Waals surface area contributed by atoms with Gasteiger partial charge >= 0.3 is 0 Å². The topological polar surface area (TPSA) is 45.2 Å². The van der Waals surface area contributed by atoms with Crippen molar-refractivity contribution in [1.82, 2.24) is 9.88 Å². The summed E-state index contributed by atoms with van der Waals surface area (Å²) in [5.74, 6) is -0.145. The van der Waals surface area contributed by atoms with Gasteiger partial charge in [-0.2, -0.15) is 0 Å². The number of rotatable bonds is 4. The molecule has 0 unspecified atom stereocenters. The molecule has 0 atom stereocenters. The zero-order chi connectivity index (χ0) is 14.5. The molecule has 1 amide bonds. The monoisotopic (exact) mass is 333 g/mol. The van der Waals surface area contributed by atoms with Gasteiger partial charge in [0.15, 0.2) is 0 Å². The van der Waals surface area contributed by atoms with Crippen LogP contribution in [0.2, 0.25) is 0 Å². The maximum absolute atomic E-state index is 12.1. The van der Waals surface area contributed by atoms with E-state index in [0.717, 1.165) is 12.2 Å². The molecule has 0 aliphatic rings. The summed E-state index contributed by atoms with van der Waals surface area (Å²) in [6.45, 7) is 0.880. The number of halogens is 1. The number of benzene rings is 1. The van der Waals surface area contributed by atoms with E-state index in [1.54, 1.807) is 18.3 Å². The molecule has 0 saturated carbocycles. The van der Waals surface area contributed by atoms with Gasteiger partial charge in [0.1, 0.15) is 4.60 Å². The SMILES string of the molecule is CN(C)Cc1ccc(NC(=O)c2ccnc(Br)c2)cc1. The molecule has 1 aromatic carbocycles. The second-order valence-corrected chi connectivity index (χ2v) is 5.57. The molecule has 0 radical (unpaired) electrons. The van der Waals surface area contributed by atoms with Gasteiger partial charge in [-0.1, -0.05) is 12.1 Å². The number of hydrogen-bond acceptors (Lipinski definition) is 3. The van der Waals surface area contributed by atoms with E-state index in [4.69, 9.17) is 0 Å². The first-order chi connectivity index (χ1) is 9.54. The van der Waals surface area contributed by atoms with E-state index < -0.39 is 0 Å². The van der Waals surface area contributed by atoms with E-state index in [-0.39, 0.29) is 5.91 Å². The van der Waals surface area contributed by atoms with Crippen LogP contribution in [0.15, 0.2) is 47.2 Å². The van der Waals surface area contributed by atoms with Gasteiger partial charge < -0.3 is 10.2 Å². The third kappa shape index (κ3) is 4.15. The van der Waals surface area contributed by atoms with Crippen LogP contribution in [0.4, 0.5) is 5.69 Å². The molecule has 104 valence electrons. The fourth-order valence-corrected chi connectivity index (χ4v) is 2.17. The number of hydrogen-bond donors (Lipinski definition) is 1. The molecule has 0 bridgehead atoms. The van der Waals surface area contributed by atoms with Gasteiger partial charge in [0.25, 0.3) is 5.91 Å². The average Bonchev–Trinajstić information content (AvgIpc) is 2.40. The molecule has 2 rings (SSSR count). The first-order valence-electron chi connectivity index (χ1n) is 6.21. The second-order valence-electron chi connectivity index (χ2n) is 4.76. The number of nitrogens with zero attached hydrogens (tertiary/aromatic N) is 2. The summed E-state index contributed by atoms with van der Waals surface area (Å²) in [6.07, 6.45) is 1.60. The molecule has 0 fully saturated rings. The molecule has 0 saturated heterocycles. The van der Waals surface area contributed by atoms with E-state index in [0.29, 0.717) is 10.2 Å². The Hall–Kier alpha value is -1.72. The number of amides is 1. The average molecular weight is 334 g/mol. The van der Waals surface area contributed by atoms with Crippen LogP contribution >= 0.6 is 15.9 Å². The van der Waals surface area contributed by atoms with Gasteiger partial charge in [-0.3, -0.25) is 4.79 Å². The van der Waals surface area contributed by atoms with Crippen LogP contribution in [-0.2, 0) is 6.54 Å². The van der Waals surface area contributed by atoms with Crippen LogP contribution in [0.25, 0.3) is 0 Å². The molecule has 1 N–H and O–H groups in total. The molecule has 0 aliphatic carbocycles. The Morgan fingerprint density at radius 3 is 2.55 bits per heavy atom. The highest BCUT2D eigenvalue weighted by molar-refractivity contribution is 9.10. The molecule has 5 heteroatoms. The molecule has 2 aromatic rings. The Labute approximate surface area is 127 Å². The van der Waals surface area contributed by atoms with Crippen molar-refractivity contribution in [3.05, 3.63) is 58.3 Å². The van der Waals surface area contributed by atoms with E-state index in [1.807, 2.05) is 38.4 Å². The Morgan fingerprint density at radius 1 is 1.25 bits per heavy atom. The third-order valence-electron chi connectivity index (χ3n) is 2.70. The van der Waals surface area contributed by atoms with Crippen LogP contribution in [0.5, 0.6) is 0 Å². The van der Waals surface area contributed by atoms with Crippen LogP contribution in [0, 0.1) is 0 Å². The van der Waals surface area contributed by atoms with Crippen LogP contribution in [0.3, 0.4) is 0 Å². The summed E-state index contributed by atoms with van der Waals surface area (Å²) in [5.41, 5.74) is 2.56. The zero-order valence-corrected chi connectivity index (χ0v) is 13.0. The highest BCUT2D eigenvalue weighted by Crippen LogP contribution is 2.13. The molecule has 1 heterocycles. The lowest BCUT2D eigenvalue weighted by Gasteiger charge is -2.10. The third-order valence-corrected chi connectivity index (χ3v) is 3.13. The zero-order valence-electron chi connectivity index (χ0n) is 11.4. The minimum absolute atomic E-state index is 0.145. The molecular weight excluding hydrogens is 318 g/mol. The van der Waals surface area contributed by atoms with E-state index in [9.17, 15) is 4.79 Å². The summed E-state index contributed by atoms with van der Waals surface area (Å²) < 4.78 is 0.645. The number of carbonyl (C=O) groups is 1. The summed E-state index contributed by atoms with van der Waals surface area (Å²) in [6, 6.07) is 11.2. The normalized spacial score (nSPS) is 10.6. The maximum Gasteiger partial charge on any atom is 0.255 e. The maximum atomic E-state index is 12.1. The van der Waals surface area contributed by atoms with E-state index in [2.05, 4.69) is 31.1 Å². The number of aromatic nitrogens is 1. The first kappa shape index (κ1) is 14.7. The lowest BCUT2D eigenvalue weighted by molar-refractivity contribution is 0.102. The summed E-state index contributed by atoms with van der Waals surface area (Å²) in [5, 5.41) is 2.86. The molecule has 1 aromatic heterocycles. The molecule has 0 aliphatic heterocycles. The highest BCUT2D eigenvalue weighted by Gasteiger charge is 2.06. The predicted molar refractivity (Wildman–Crippen MR) is 83.7 cm³/mol. The highest BCUT2D eigenvalue weighted by atomic mass is 79.9. The Balaban J connectivity index is 2.04. The largest absolute Gasteiger partial charge is 0.322 e. The Bertz CT molecular complexity index is 596. The second kappa shape index (κ2) is 6.63. The predicted octanol–water partition coefficient (Wildman–Crippen LogP) is 3.16. The summed E-state index contributed by atoms with van der Waals surface area (Å²) >= 11 is 3.25. The van der Waals surface area contributed by atoms with Crippen molar-refractivity contribution in [3.63, 3.8) is 0 Å². The van der Waals surface area contributed by atoms with Gasteiger partial charge in [-0.15, -0.1) is 0 Å². The van der Waals surface area contributed by atoms with Gasteiger partial charge in [0.05, 0.1) is 0 Å². The van der Waals surface area contributed by atoms with Gasteiger partial charge in [0, 0.05) is 24.0 Å². The first-order valence-corrected chi connectivity index (χ1v) is 7.00. The number of carbonyl (C=O) groups excluding carboxylic acids is 1. The van der Waals surface area contributed by atoms with Gasteiger partial charge in [-0.25, -0.2) is 4.98 Å². The van der Waals surface area contributed by atoms with Crippen molar-refractivity contribution in [1.29, 1.82) is 0 Å². The Kier molecular flexibility index (Phi) is 4.87. The van der Waals surface area contributed by atoms with Crippen LogP contribution in [-0.4, -0.2) is 29.9 Å². The molecule has 0 spiro atoms. The quantitative estimate of drug-likeness (QED) is 0.874. The minimum Gasteiger partial charge on any atom is -0.322 e. The van der Waals surface area contributed by atoms with Crippen molar-refractivity contribution in [2.45, 2.75) is 6.54 Å². The smallest absolute Gasteiger partial charge is 0.255 e. The number of anilines is 1. The van der Waals surface area contributed by atoms with Crippen molar-refractivity contribution in [3.8, 4) is 0 Å². The van der Waals surface area contributed by atoms with E-state index >= 15 is 0 Å². The van der Waals surface area contributed by atoms with Crippen molar-refractivity contribution in [2.75, 3.05) is 19.4 Å². The minimum atomic E-state index is -0.145. The fraction of sp³-hybridized carbons (Fsp3) is 0.200. The van der Waals surface area contributed by atoms with Crippen LogP contribution in [0.1, 0.15) is 15.9 Å². The summed E-state index contributed by atoms with van der Waals surface area (Å²) in [4.78, 5) is 18.2. The standard InChI is InChI=1S/C15H16BrN3O/c1-19(2)10-11-3-5-13(6-4-11)18-15(20)12-7-8-17-14(16)9-12/h3-9H,10H2,1-2H3,(H,18,20). The number of pyridine rings is 1. The van der Waals surface area contributed by atoms with E-state index in [1.165, 1.54) is 5.56 Å². The number of nitrogens with one attached hydrogen (secondary N) is 1. The molecule has 20 heavy (non-hydrogen) atoms. The lowest BCUT2D eigenvalue weighted by Crippen LogP contribution is -2.13. The Morgan fingerprint density at radius 2 is 1.95 bits per heavy atom. The van der Waals surface area contributed by atoms with Gasteiger partial charge in [-0.05, 0) is 59.9 Å². The van der Waals surface area contributed by atoms with Crippen molar-refractivity contribution < 1.29 is 4.79 Å². The van der Waals surface area contributed by atoms with Gasteiger partial charge in [0.2, 0.25) is 0 Å². The van der Waals surface area contributed by atoms with Crippen LogP contribution < -0.4 is 5.32 Å². The van der Waals surface area contributed by atoms with Crippen molar-refractivity contribution in [2.24, 2.45) is 0 Å². The molecular formula is C15H16BrN3O. The molecule has 4 nitrogen and oxygen atoms in total.